The smallest absolute Gasteiger partial charge is 0.173 e. The summed E-state index contributed by atoms with van der Waals surface area (Å²) in [5.74, 6) is -0.109. The van der Waals surface area contributed by atoms with E-state index in [-0.39, 0.29) is 11.7 Å². The van der Waals surface area contributed by atoms with E-state index in [9.17, 15) is 4.79 Å². The number of methoxy groups -OCH3 is 1. The molecule has 0 bridgehead atoms. The van der Waals surface area contributed by atoms with Gasteiger partial charge in [0.2, 0.25) is 0 Å². The summed E-state index contributed by atoms with van der Waals surface area (Å²) in [7, 11) is 1.61. The van der Waals surface area contributed by atoms with Gasteiger partial charge in [0.05, 0.1) is 5.92 Å². The summed E-state index contributed by atoms with van der Waals surface area (Å²) in [6.45, 7) is 0. The molecule has 0 aromatic heterocycles. The second-order valence-electron chi connectivity index (χ2n) is 3.88. The number of alkyl halides is 1. The van der Waals surface area contributed by atoms with Crippen LogP contribution in [-0.4, -0.2) is 17.4 Å². The number of ether oxygens (including phenoxy) is 1. The molecule has 0 saturated heterocycles. The summed E-state index contributed by atoms with van der Waals surface area (Å²) >= 11 is 3.42. The molecular formula is C14H13BrO2. The highest BCUT2D eigenvalue weighted by Gasteiger charge is 2.25. The number of allylic oxidation sites excluding steroid dienone is 2. The maximum atomic E-state index is 12.1. The molecule has 17 heavy (non-hydrogen) atoms. The van der Waals surface area contributed by atoms with Gasteiger partial charge in [-0.1, -0.05) is 42.5 Å². The number of carbonyl (C=O) groups is 1. The highest BCUT2D eigenvalue weighted by atomic mass is 79.9. The highest BCUT2D eigenvalue weighted by Crippen LogP contribution is 2.29. The van der Waals surface area contributed by atoms with Crippen LogP contribution in [0, 0.1) is 5.92 Å². The fourth-order valence-corrected chi connectivity index (χ4v) is 2.00. The molecule has 0 unspecified atom stereocenters. The van der Waals surface area contributed by atoms with E-state index in [1.54, 1.807) is 7.11 Å². The van der Waals surface area contributed by atoms with E-state index >= 15 is 0 Å². The van der Waals surface area contributed by atoms with E-state index in [1.807, 2.05) is 54.6 Å². The van der Waals surface area contributed by atoms with Crippen molar-refractivity contribution < 1.29 is 9.53 Å². The minimum atomic E-state index is -0.569. The molecule has 0 saturated carbocycles. The molecule has 3 heteroatoms. The van der Waals surface area contributed by atoms with E-state index < -0.39 is 4.51 Å². The molecule has 0 spiro atoms. The second-order valence-corrected chi connectivity index (χ2v) is 5.12. The SMILES string of the molecule is COC1(Br)C=CC(C(=O)c2ccccc2)C=C1. The normalized spacial score (nSPS) is 27.1. The van der Waals surface area contributed by atoms with Gasteiger partial charge in [-0.25, -0.2) is 0 Å². The van der Waals surface area contributed by atoms with E-state index in [0.29, 0.717) is 0 Å². The van der Waals surface area contributed by atoms with Crippen molar-refractivity contribution >= 4 is 21.7 Å². The van der Waals surface area contributed by atoms with Crippen molar-refractivity contribution in [3.63, 3.8) is 0 Å². The first kappa shape index (κ1) is 12.3. The Morgan fingerprint density at radius 1 is 1.24 bits per heavy atom. The first-order valence-electron chi connectivity index (χ1n) is 5.37. The Morgan fingerprint density at radius 2 is 1.82 bits per heavy atom. The van der Waals surface area contributed by atoms with Gasteiger partial charge in [0.25, 0.3) is 0 Å². The topological polar surface area (TPSA) is 26.3 Å². The summed E-state index contributed by atoms with van der Waals surface area (Å²) in [4.78, 5) is 12.1. The molecule has 2 rings (SSSR count). The third-order valence-corrected chi connectivity index (χ3v) is 3.59. The van der Waals surface area contributed by atoms with Crippen LogP contribution in [0.25, 0.3) is 0 Å². The van der Waals surface area contributed by atoms with Gasteiger partial charge in [-0.2, -0.15) is 0 Å². The number of ketones is 1. The van der Waals surface area contributed by atoms with Crippen molar-refractivity contribution in [3.8, 4) is 0 Å². The molecule has 88 valence electrons. The Morgan fingerprint density at radius 3 is 2.35 bits per heavy atom. The average molecular weight is 293 g/mol. The highest BCUT2D eigenvalue weighted by molar-refractivity contribution is 9.10. The van der Waals surface area contributed by atoms with Crippen molar-refractivity contribution in [2.24, 2.45) is 5.92 Å². The molecular weight excluding hydrogens is 280 g/mol. The lowest BCUT2D eigenvalue weighted by atomic mass is 9.93. The number of hydrogen-bond donors (Lipinski definition) is 0. The summed E-state index contributed by atoms with van der Waals surface area (Å²) in [5, 5.41) is 0. The molecule has 0 atom stereocenters. The maximum Gasteiger partial charge on any atom is 0.173 e. The van der Waals surface area contributed by atoms with Crippen LogP contribution >= 0.6 is 15.9 Å². The number of Topliss-reactive ketones (excluding diaryl/α,β-unsaturated/α-hetero) is 1. The van der Waals surface area contributed by atoms with Crippen LogP contribution in [0.3, 0.4) is 0 Å². The molecule has 0 aliphatic heterocycles. The molecule has 0 heterocycles. The Bertz CT molecular complexity index is 448. The van der Waals surface area contributed by atoms with Crippen LogP contribution in [0.1, 0.15) is 10.4 Å². The predicted molar refractivity (Wildman–Crippen MR) is 71.2 cm³/mol. The van der Waals surface area contributed by atoms with E-state index in [0.717, 1.165) is 5.56 Å². The third-order valence-electron chi connectivity index (χ3n) is 2.74. The zero-order valence-electron chi connectivity index (χ0n) is 9.47. The van der Waals surface area contributed by atoms with E-state index in [4.69, 9.17) is 4.74 Å². The molecule has 0 N–H and O–H groups in total. The zero-order chi connectivity index (χ0) is 12.3. The largest absolute Gasteiger partial charge is 0.360 e. The van der Waals surface area contributed by atoms with Crippen LogP contribution in [0.2, 0.25) is 0 Å². The summed E-state index contributed by atoms with van der Waals surface area (Å²) in [5.41, 5.74) is 0.728. The fraction of sp³-hybridized carbons (Fsp3) is 0.214. The van der Waals surface area contributed by atoms with E-state index in [2.05, 4.69) is 15.9 Å². The number of halogens is 1. The summed E-state index contributed by atoms with van der Waals surface area (Å²) < 4.78 is 4.68. The molecule has 0 amide bonds. The Hall–Kier alpha value is -1.19. The lowest BCUT2D eigenvalue weighted by molar-refractivity contribution is 0.0960. The van der Waals surface area contributed by atoms with Gasteiger partial charge in [0, 0.05) is 12.7 Å². The Labute approximate surface area is 109 Å². The van der Waals surface area contributed by atoms with Crippen molar-refractivity contribution in [2.45, 2.75) is 4.51 Å². The standard InChI is InChI=1S/C14H13BrO2/c1-17-14(15)9-7-12(8-10-14)13(16)11-5-3-2-4-6-11/h2-10,12H,1H3. The summed E-state index contributed by atoms with van der Waals surface area (Å²) in [6.07, 6.45) is 7.40. The first-order valence-corrected chi connectivity index (χ1v) is 6.16. The second kappa shape index (κ2) is 4.98. The van der Waals surface area contributed by atoms with Crippen LogP contribution in [0.15, 0.2) is 54.6 Å². The first-order chi connectivity index (χ1) is 8.14. The third kappa shape index (κ3) is 2.73. The zero-order valence-corrected chi connectivity index (χ0v) is 11.1. The van der Waals surface area contributed by atoms with Gasteiger partial charge in [0.1, 0.15) is 0 Å². The minimum Gasteiger partial charge on any atom is -0.360 e. The number of carbonyl (C=O) groups excluding carboxylic acids is 1. The minimum absolute atomic E-state index is 0.101. The number of benzene rings is 1. The Balaban J connectivity index is 2.15. The van der Waals surface area contributed by atoms with Gasteiger partial charge in [0.15, 0.2) is 10.3 Å². The van der Waals surface area contributed by atoms with Crippen LogP contribution in [0.4, 0.5) is 0 Å². The van der Waals surface area contributed by atoms with Crippen LogP contribution < -0.4 is 0 Å². The molecule has 1 aliphatic carbocycles. The maximum absolute atomic E-state index is 12.1. The van der Waals surface area contributed by atoms with Crippen LogP contribution in [-0.2, 0) is 4.74 Å². The quantitative estimate of drug-likeness (QED) is 0.485. The fourth-order valence-electron chi connectivity index (χ4n) is 1.70. The van der Waals surface area contributed by atoms with Crippen molar-refractivity contribution in [1.82, 2.24) is 0 Å². The average Bonchev–Trinajstić information content (AvgIpc) is 2.40. The monoisotopic (exact) mass is 292 g/mol. The van der Waals surface area contributed by atoms with Crippen molar-refractivity contribution in [3.05, 3.63) is 60.2 Å². The predicted octanol–water partition coefficient (Wildman–Crippen LogP) is 3.35. The van der Waals surface area contributed by atoms with Gasteiger partial charge in [-0.15, -0.1) is 0 Å². The van der Waals surface area contributed by atoms with Crippen molar-refractivity contribution in [2.75, 3.05) is 7.11 Å². The molecule has 0 radical (unpaired) electrons. The van der Waals surface area contributed by atoms with Gasteiger partial charge < -0.3 is 4.74 Å². The number of hydrogen-bond acceptors (Lipinski definition) is 2. The lowest BCUT2D eigenvalue weighted by Gasteiger charge is -2.22. The van der Waals surface area contributed by atoms with Crippen LogP contribution in [0.5, 0.6) is 0 Å². The lowest BCUT2D eigenvalue weighted by Crippen LogP contribution is -2.22. The van der Waals surface area contributed by atoms with Gasteiger partial charge in [-0.3, -0.25) is 4.79 Å². The van der Waals surface area contributed by atoms with Gasteiger partial charge >= 0.3 is 0 Å². The van der Waals surface area contributed by atoms with Crippen molar-refractivity contribution in [1.29, 1.82) is 0 Å². The number of rotatable bonds is 3. The molecule has 1 aromatic carbocycles. The van der Waals surface area contributed by atoms with E-state index in [1.165, 1.54) is 0 Å². The molecule has 2 nitrogen and oxygen atoms in total. The summed E-state index contributed by atoms with van der Waals surface area (Å²) in [6, 6.07) is 9.30. The molecule has 1 aliphatic rings. The molecule has 1 aromatic rings. The van der Waals surface area contributed by atoms with Gasteiger partial charge in [-0.05, 0) is 28.1 Å². The Kier molecular flexibility index (Phi) is 3.60. The molecule has 0 fully saturated rings.